The topological polar surface area (TPSA) is 43.4 Å². The van der Waals surface area contributed by atoms with Crippen molar-refractivity contribution in [2.24, 2.45) is 28.6 Å². The van der Waals surface area contributed by atoms with Gasteiger partial charge in [-0.15, -0.1) is 0 Å². The van der Waals surface area contributed by atoms with Crippen LogP contribution in [-0.4, -0.2) is 17.4 Å². The molecule has 4 aliphatic carbocycles. The van der Waals surface area contributed by atoms with E-state index in [1.165, 1.54) is 0 Å². The number of ketones is 1. The molecule has 5 aliphatic rings. The second-order valence-corrected chi connectivity index (χ2v) is 12.9. The number of carbonyl (C=O) groups is 2. The van der Waals surface area contributed by atoms with E-state index >= 15 is 0 Å². The Bertz CT molecular complexity index is 2570. The molecule has 0 aromatic heterocycles. The maximum atomic E-state index is 12.9. The Morgan fingerprint density at radius 3 is 1.86 bits per heavy atom. The Morgan fingerprint density at radius 2 is 1.24 bits per heavy atom. The van der Waals surface area contributed by atoms with Crippen molar-refractivity contribution in [2.45, 2.75) is 64.4 Å². The molecule has 0 aromatic rings. The van der Waals surface area contributed by atoms with E-state index in [0.717, 1.165) is 29.6 Å². The largest absolute Gasteiger partial charge is 0.458 e. The van der Waals surface area contributed by atoms with Crippen molar-refractivity contribution in [1.82, 2.24) is 0 Å². The Kier molecular flexibility index (Phi) is 10.4. The molecular formula is C47H30O3. The molecular weight excluding hydrogens is 613 g/mol. The molecule has 1 aliphatic heterocycles. The lowest BCUT2D eigenvalue weighted by Crippen LogP contribution is -2.55. The van der Waals surface area contributed by atoms with Gasteiger partial charge in [-0.2, -0.15) is 0 Å². The van der Waals surface area contributed by atoms with Crippen LogP contribution >= 0.6 is 0 Å². The first-order valence-corrected chi connectivity index (χ1v) is 16.2. The summed E-state index contributed by atoms with van der Waals surface area (Å²) in [5.41, 5.74) is 63.0. The maximum absolute atomic E-state index is 12.9. The summed E-state index contributed by atoms with van der Waals surface area (Å²) in [7, 11) is 0. The van der Waals surface area contributed by atoms with Crippen molar-refractivity contribution in [3.05, 3.63) is 174 Å². The van der Waals surface area contributed by atoms with Gasteiger partial charge in [-0.3, -0.25) is 9.59 Å². The number of fused-ring (bicyclic) bond motifs is 6. The Balaban J connectivity index is 1.87. The van der Waals surface area contributed by atoms with Gasteiger partial charge in [0, 0.05) is 47.7 Å². The quantitative estimate of drug-likeness (QED) is 0.197. The van der Waals surface area contributed by atoms with E-state index in [0.29, 0.717) is 37.7 Å². The van der Waals surface area contributed by atoms with Crippen LogP contribution in [0.15, 0.2) is 174 Å². The van der Waals surface area contributed by atoms with Crippen molar-refractivity contribution in [3.63, 3.8) is 0 Å². The van der Waals surface area contributed by atoms with Crippen LogP contribution in [0, 0.1) is 28.6 Å². The molecule has 1 heterocycles. The second kappa shape index (κ2) is 15.0. The fourth-order valence-electron chi connectivity index (χ4n) is 8.51. The summed E-state index contributed by atoms with van der Waals surface area (Å²) in [5.74, 6) is -0.264. The Labute approximate surface area is 292 Å². The summed E-state index contributed by atoms with van der Waals surface area (Å²) in [4.78, 5) is 25.7. The summed E-state index contributed by atoms with van der Waals surface area (Å²) in [6.45, 7) is 15.0. The Morgan fingerprint density at radius 1 is 0.680 bits per heavy atom. The highest BCUT2D eigenvalue weighted by atomic mass is 16.6. The monoisotopic (exact) mass is 642 g/mol. The molecule has 4 fully saturated rings. The molecule has 1 spiro atoms. The Hall–Kier alpha value is -6.74. The fourth-order valence-corrected chi connectivity index (χ4v) is 8.51. The van der Waals surface area contributed by atoms with E-state index in [-0.39, 0.29) is 34.9 Å². The predicted octanol–water partition coefficient (Wildman–Crippen LogP) is 8.50. The SMILES string of the molecule is C=C=C=C=C=C=C=C=C=C=C=C=C=C=C1C[C@@]2(CCC(=O)O2)[C@@]2(C)CC[C@H]3C(C(=C=C=C=C=C=C)C(=C=C=C=C=C)C4=CC(=O)CC[C@]43C)C12. The third kappa shape index (κ3) is 6.52. The number of allylic oxidation sites excluding steroid dienone is 3. The molecule has 6 atom stereocenters. The van der Waals surface area contributed by atoms with Gasteiger partial charge in [-0.05, 0) is 166 Å². The van der Waals surface area contributed by atoms with Crippen LogP contribution in [0.3, 0.4) is 0 Å². The van der Waals surface area contributed by atoms with Gasteiger partial charge in [0.05, 0.1) is 0 Å². The number of hydrogen-bond donors (Lipinski definition) is 0. The lowest BCUT2D eigenvalue weighted by molar-refractivity contribution is -0.165. The van der Waals surface area contributed by atoms with E-state index in [1.54, 1.807) is 6.08 Å². The van der Waals surface area contributed by atoms with Crippen LogP contribution < -0.4 is 0 Å². The van der Waals surface area contributed by atoms with Crippen LogP contribution in [0.2, 0.25) is 0 Å². The highest BCUT2D eigenvalue weighted by molar-refractivity contribution is 5.93. The minimum Gasteiger partial charge on any atom is -0.458 e. The zero-order chi connectivity index (χ0) is 35.6. The number of hydrogen-bond acceptors (Lipinski definition) is 3. The summed E-state index contributed by atoms with van der Waals surface area (Å²) >= 11 is 0. The standard InChI is InChI=1S/C47H30O3/c1-6-9-12-14-15-16-17-18-19-20-21-23-25-36-35-47(33-30-42(49)50-47)46(5)32-29-40-43(44(36)46)39(27-24-13-10-7-2)38(26-22-11-8-3)41-34-37(48)28-31-45(40,41)4/h34,40,43-44H,1-3,28-33,35H2,4-5H3/t40-,43?,44?,45-,46-,47-/m0/s1. The van der Waals surface area contributed by atoms with Crippen molar-refractivity contribution in [3.8, 4) is 0 Å². The molecule has 3 nitrogen and oxygen atoms in total. The average molecular weight is 643 g/mol. The highest BCUT2D eigenvalue weighted by Gasteiger charge is 2.70. The van der Waals surface area contributed by atoms with Gasteiger partial charge in [0.25, 0.3) is 0 Å². The molecule has 3 heteroatoms. The normalized spacial score (nSPS) is 28.4. The van der Waals surface area contributed by atoms with Gasteiger partial charge < -0.3 is 4.74 Å². The van der Waals surface area contributed by atoms with Crippen molar-refractivity contribution < 1.29 is 14.3 Å². The number of ether oxygens (including phenoxy) is 1. The van der Waals surface area contributed by atoms with Gasteiger partial charge in [0.15, 0.2) is 5.78 Å². The van der Waals surface area contributed by atoms with E-state index in [1.807, 2.05) is 0 Å². The molecule has 1 saturated heterocycles. The second-order valence-electron chi connectivity index (χ2n) is 12.9. The molecule has 0 bridgehead atoms. The van der Waals surface area contributed by atoms with Crippen LogP contribution in [0.4, 0.5) is 0 Å². The van der Waals surface area contributed by atoms with Gasteiger partial charge in [-0.1, -0.05) is 48.2 Å². The van der Waals surface area contributed by atoms with E-state index in [9.17, 15) is 9.59 Å². The van der Waals surface area contributed by atoms with Gasteiger partial charge in [0.2, 0.25) is 0 Å². The van der Waals surface area contributed by atoms with Crippen molar-refractivity contribution >= 4 is 11.8 Å². The first-order valence-electron chi connectivity index (χ1n) is 16.2. The minimum absolute atomic E-state index is 0.0699. The molecule has 0 N–H and O–H groups in total. The summed E-state index contributed by atoms with van der Waals surface area (Å²) in [6, 6.07) is 0. The molecule has 2 unspecified atom stereocenters. The molecule has 3 saturated carbocycles. The summed E-state index contributed by atoms with van der Waals surface area (Å²) in [5, 5.41) is 0. The third-order valence-corrected chi connectivity index (χ3v) is 10.6. The molecule has 0 amide bonds. The van der Waals surface area contributed by atoms with E-state index in [4.69, 9.17) is 4.74 Å². The van der Waals surface area contributed by atoms with E-state index in [2.05, 4.69) is 160 Å². The number of rotatable bonds is 0. The highest BCUT2D eigenvalue weighted by Crippen LogP contribution is 2.72. The van der Waals surface area contributed by atoms with Crippen LogP contribution in [0.1, 0.15) is 58.8 Å². The fraction of sp³-hybridized carbons (Fsp3) is 0.319. The van der Waals surface area contributed by atoms with Gasteiger partial charge >= 0.3 is 5.97 Å². The zero-order valence-corrected chi connectivity index (χ0v) is 28.1. The summed E-state index contributed by atoms with van der Waals surface area (Å²) in [6.07, 6.45) is 6.08. The zero-order valence-electron chi connectivity index (χ0n) is 28.1. The molecule has 0 radical (unpaired) electrons. The smallest absolute Gasteiger partial charge is 0.306 e. The van der Waals surface area contributed by atoms with Crippen LogP contribution in [0.25, 0.3) is 0 Å². The van der Waals surface area contributed by atoms with Gasteiger partial charge in [0.1, 0.15) is 5.60 Å². The van der Waals surface area contributed by atoms with Crippen molar-refractivity contribution in [1.29, 1.82) is 0 Å². The van der Waals surface area contributed by atoms with Crippen LogP contribution in [0.5, 0.6) is 0 Å². The lowest BCUT2D eigenvalue weighted by atomic mass is 9.44. The third-order valence-electron chi connectivity index (χ3n) is 10.6. The van der Waals surface area contributed by atoms with Crippen molar-refractivity contribution in [2.75, 3.05) is 0 Å². The van der Waals surface area contributed by atoms with Gasteiger partial charge in [-0.25, -0.2) is 0 Å². The number of carbonyl (C=O) groups excluding carboxylic acids is 2. The molecule has 0 aromatic carbocycles. The molecule has 50 heavy (non-hydrogen) atoms. The first kappa shape index (κ1) is 34.6. The maximum Gasteiger partial charge on any atom is 0.306 e. The number of esters is 1. The van der Waals surface area contributed by atoms with Crippen LogP contribution in [-0.2, 0) is 14.3 Å². The average Bonchev–Trinajstić information content (AvgIpc) is 3.60. The molecule has 5 rings (SSSR count). The first-order chi connectivity index (χ1) is 24.2. The predicted molar refractivity (Wildman–Crippen MR) is 186 cm³/mol. The van der Waals surface area contributed by atoms with E-state index < -0.39 is 11.0 Å². The lowest BCUT2D eigenvalue weighted by Gasteiger charge is -2.59. The molecule has 236 valence electrons. The minimum atomic E-state index is -0.692. The summed E-state index contributed by atoms with van der Waals surface area (Å²) < 4.78 is 6.28.